The highest BCUT2D eigenvalue weighted by atomic mass is 16.7. The molecule has 35 heavy (non-hydrogen) atoms. The van der Waals surface area contributed by atoms with Crippen molar-refractivity contribution in [3.8, 4) is 0 Å². The molecule has 10 atom stereocenters. The van der Waals surface area contributed by atoms with Gasteiger partial charge >= 0.3 is 5.69 Å². The number of hydrogen-bond acceptors (Lipinski definition) is 14. The lowest BCUT2D eigenvalue weighted by atomic mass is 9.97. The fourth-order valence-corrected chi connectivity index (χ4v) is 3.62. The summed E-state index contributed by atoms with van der Waals surface area (Å²) in [4.78, 5) is 32.9. The first kappa shape index (κ1) is 27.3. The van der Waals surface area contributed by atoms with Gasteiger partial charge in [0.05, 0.1) is 13.2 Å². The van der Waals surface area contributed by atoms with E-state index in [0.29, 0.717) is 17.0 Å². The third kappa shape index (κ3) is 5.76. The van der Waals surface area contributed by atoms with Crippen LogP contribution in [0.15, 0.2) is 9.59 Å². The minimum absolute atomic E-state index is 0.293. The molecular formula is C18H28N4O13. The van der Waals surface area contributed by atoms with Crippen molar-refractivity contribution >= 4 is 11.2 Å². The average molecular weight is 508 g/mol. The van der Waals surface area contributed by atoms with E-state index < -0.39 is 85.9 Å². The standard InChI is InChI=1S/C12H22O11.C6H6N4O2/c13-1-3-5(15)6(16)9(19)12(22-3)23-10-4(2-14)21-11(20)8(18)7(10)17;1-2-7-3-4(8-2)9-6(12)10-5(3)11/h3-20H,1-2H2;1H3,(H3,7,8,9,10,11,12)/t3-,4-,5+,6+,7-,8-,9-,10-,11?,12+;/m1./s1. The van der Waals surface area contributed by atoms with Gasteiger partial charge in [-0.05, 0) is 6.92 Å². The predicted octanol–water partition coefficient (Wildman–Crippen LogP) is -6.15. The van der Waals surface area contributed by atoms with Gasteiger partial charge in [-0.3, -0.25) is 14.8 Å². The van der Waals surface area contributed by atoms with E-state index >= 15 is 0 Å². The Bertz CT molecular complexity index is 1080. The molecule has 0 spiro atoms. The summed E-state index contributed by atoms with van der Waals surface area (Å²) >= 11 is 0. The lowest BCUT2D eigenvalue weighted by Crippen LogP contribution is -2.64. The fraction of sp³-hybridized carbons (Fsp3) is 0.722. The van der Waals surface area contributed by atoms with E-state index in [0.717, 1.165) is 0 Å². The maximum absolute atomic E-state index is 11.1. The maximum Gasteiger partial charge on any atom is 0.327 e. The third-order valence-corrected chi connectivity index (χ3v) is 5.49. The van der Waals surface area contributed by atoms with E-state index in [-0.39, 0.29) is 0 Å². The molecule has 2 aromatic heterocycles. The summed E-state index contributed by atoms with van der Waals surface area (Å²) in [5.74, 6) is 0.595. The molecule has 0 saturated carbocycles. The van der Waals surface area contributed by atoms with Gasteiger partial charge < -0.3 is 60.0 Å². The minimum Gasteiger partial charge on any atom is -0.394 e. The van der Waals surface area contributed by atoms with Crippen molar-refractivity contribution in [2.45, 2.75) is 68.3 Å². The summed E-state index contributed by atoms with van der Waals surface area (Å²) in [7, 11) is 0. The van der Waals surface area contributed by atoms with Crippen LogP contribution in [-0.4, -0.2) is 135 Å². The van der Waals surface area contributed by atoms with Gasteiger partial charge in [-0.2, -0.15) is 0 Å². The Labute approximate surface area is 195 Å². The van der Waals surface area contributed by atoms with Crippen LogP contribution in [0.5, 0.6) is 0 Å². The lowest BCUT2D eigenvalue weighted by molar-refractivity contribution is -0.355. The summed E-state index contributed by atoms with van der Waals surface area (Å²) < 4.78 is 15.3. The number of imidazole rings is 1. The number of rotatable bonds is 4. The predicted molar refractivity (Wildman–Crippen MR) is 111 cm³/mol. The molecule has 2 aliphatic rings. The number of hydrogen-bond donors (Lipinski definition) is 11. The summed E-state index contributed by atoms with van der Waals surface area (Å²) in [6.07, 6.45) is -15.6. The van der Waals surface area contributed by atoms with Crippen LogP contribution in [0.4, 0.5) is 0 Å². The first-order valence-corrected chi connectivity index (χ1v) is 10.4. The summed E-state index contributed by atoms with van der Waals surface area (Å²) in [5, 5.41) is 76.5. The second-order valence-corrected chi connectivity index (χ2v) is 7.98. The largest absolute Gasteiger partial charge is 0.394 e. The normalized spacial score (nSPS) is 37.6. The molecule has 2 aliphatic heterocycles. The van der Waals surface area contributed by atoms with Gasteiger partial charge in [0, 0.05) is 0 Å². The molecule has 11 N–H and O–H groups in total. The van der Waals surface area contributed by atoms with Crippen molar-refractivity contribution in [2.75, 3.05) is 13.2 Å². The maximum atomic E-state index is 11.1. The van der Waals surface area contributed by atoms with Gasteiger partial charge in [0.25, 0.3) is 5.56 Å². The first-order chi connectivity index (χ1) is 16.5. The van der Waals surface area contributed by atoms with Crippen molar-refractivity contribution in [2.24, 2.45) is 0 Å². The second kappa shape index (κ2) is 11.2. The Balaban J connectivity index is 0.000000237. The van der Waals surface area contributed by atoms with Gasteiger partial charge in [-0.1, -0.05) is 0 Å². The highest BCUT2D eigenvalue weighted by Crippen LogP contribution is 2.28. The van der Waals surface area contributed by atoms with Crippen molar-refractivity contribution in [1.82, 2.24) is 19.9 Å². The topological polar surface area (TPSA) is 284 Å². The first-order valence-electron chi connectivity index (χ1n) is 10.4. The van der Waals surface area contributed by atoms with Crippen molar-refractivity contribution in [3.63, 3.8) is 0 Å². The molecule has 17 heteroatoms. The smallest absolute Gasteiger partial charge is 0.327 e. The van der Waals surface area contributed by atoms with Crippen LogP contribution in [0, 0.1) is 6.92 Å². The molecule has 1 unspecified atom stereocenters. The third-order valence-electron chi connectivity index (χ3n) is 5.49. The number of aromatic amines is 3. The molecule has 2 fully saturated rings. The highest BCUT2D eigenvalue weighted by molar-refractivity contribution is 5.68. The summed E-state index contributed by atoms with van der Waals surface area (Å²) in [6, 6.07) is 0. The molecule has 4 rings (SSSR count). The van der Waals surface area contributed by atoms with E-state index in [4.69, 9.17) is 19.3 Å². The minimum atomic E-state index is -1.74. The molecule has 0 amide bonds. The summed E-state index contributed by atoms with van der Waals surface area (Å²) in [6.45, 7) is 0.361. The summed E-state index contributed by atoms with van der Waals surface area (Å²) in [5.41, 5.74) is -0.401. The SMILES string of the molecule is Cc1nc2[nH]c(=O)[nH]c(=O)c2[nH]1.OC[C@H]1O[C@@H](O[C@H]2[C@H](O)[C@@H](O)C(O)O[C@@H]2CO)[C@H](O)[C@@H](O)[C@H]1O. The Morgan fingerprint density at radius 3 is 2.11 bits per heavy atom. The molecule has 2 aromatic rings. The Hall–Kier alpha value is -2.29. The van der Waals surface area contributed by atoms with Crippen molar-refractivity contribution in [3.05, 3.63) is 26.7 Å². The van der Waals surface area contributed by atoms with Crippen LogP contribution in [0.2, 0.25) is 0 Å². The number of aliphatic hydroxyl groups is 8. The van der Waals surface area contributed by atoms with Crippen LogP contribution in [0.1, 0.15) is 5.82 Å². The van der Waals surface area contributed by atoms with Crippen LogP contribution in [0.25, 0.3) is 11.2 Å². The fourth-order valence-electron chi connectivity index (χ4n) is 3.62. The quantitative estimate of drug-likeness (QED) is 0.183. The van der Waals surface area contributed by atoms with Gasteiger partial charge in [-0.25, -0.2) is 9.78 Å². The molecule has 2 saturated heterocycles. The molecule has 17 nitrogen and oxygen atoms in total. The lowest BCUT2D eigenvalue weighted by Gasteiger charge is -2.45. The van der Waals surface area contributed by atoms with Crippen LogP contribution >= 0.6 is 0 Å². The molecule has 0 aromatic carbocycles. The monoisotopic (exact) mass is 508 g/mol. The zero-order valence-corrected chi connectivity index (χ0v) is 18.3. The number of fused-ring (bicyclic) bond motifs is 1. The number of nitrogens with one attached hydrogen (secondary N) is 3. The van der Waals surface area contributed by atoms with Crippen LogP contribution in [-0.2, 0) is 14.2 Å². The van der Waals surface area contributed by atoms with Crippen molar-refractivity contribution < 1.29 is 55.1 Å². The van der Waals surface area contributed by atoms with Gasteiger partial charge in [0.2, 0.25) is 0 Å². The number of aryl methyl sites for hydroxylation is 1. The van der Waals surface area contributed by atoms with Crippen LogP contribution < -0.4 is 11.2 Å². The van der Waals surface area contributed by atoms with E-state index in [1.54, 1.807) is 6.92 Å². The number of aromatic nitrogens is 4. The van der Waals surface area contributed by atoms with Gasteiger partial charge in [0.15, 0.2) is 18.2 Å². The zero-order chi connectivity index (χ0) is 26.0. The molecule has 198 valence electrons. The average Bonchev–Trinajstić information content (AvgIpc) is 3.20. The zero-order valence-electron chi connectivity index (χ0n) is 18.3. The van der Waals surface area contributed by atoms with Gasteiger partial charge in [-0.15, -0.1) is 0 Å². The Morgan fingerprint density at radius 2 is 1.49 bits per heavy atom. The number of nitrogens with zero attached hydrogens (tertiary/aromatic N) is 1. The van der Waals surface area contributed by atoms with E-state index in [2.05, 4.69) is 19.9 Å². The molecule has 4 heterocycles. The number of ether oxygens (including phenoxy) is 3. The Morgan fingerprint density at radius 1 is 0.829 bits per heavy atom. The van der Waals surface area contributed by atoms with Crippen LogP contribution in [0.3, 0.4) is 0 Å². The van der Waals surface area contributed by atoms with E-state index in [1.807, 2.05) is 0 Å². The van der Waals surface area contributed by atoms with E-state index in [1.165, 1.54) is 0 Å². The number of H-pyrrole nitrogens is 3. The molecule has 0 radical (unpaired) electrons. The molecule has 0 bridgehead atoms. The Kier molecular flexibility index (Phi) is 8.72. The molecule has 0 aliphatic carbocycles. The number of aliphatic hydroxyl groups excluding tert-OH is 8. The van der Waals surface area contributed by atoms with Crippen molar-refractivity contribution in [1.29, 1.82) is 0 Å². The van der Waals surface area contributed by atoms with Gasteiger partial charge in [0.1, 0.15) is 60.2 Å². The van der Waals surface area contributed by atoms with E-state index in [9.17, 15) is 45.3 Å². The molecular weight excluding hydrogens is 480 g/mol. The second-order valence-electron chi connectivity index (χ2n) is 7.98. The highest BCUT2D eigenvalue weighted by Gasteiger charge is 2.50.